The van der Waals surface area contributed by atoms with E-state index in [-0.39, 0.29) is 12.6 Å². The molecule has 5 heteroatoms. The number of rotatable bonds is 9. The van der Waals surface area contributed by atoms with Crippen LogP contribution in [0.3, 0.4) is 0 Å². The smallest absolute Gasteiger partial charge is 0.317 e. The predicted molar refractivity (Wildman–Crippen MR) is 76.1 cm³/mol. The number of hydrogen-bond acceptors (Lipinski definition) is 2. The van der Waals surface area contributed by atoms with E-state index in [0.29, 0.717) is 18.9 Å². The first-order valence-corrected chi connectivity index (χ1v) is 7.25. The molecule has 0 radical (unpaired) electrons. The summed E-state index contributed by atoms with van der Waals surface area (Å²) in [7, 11) is 0. The standard InChI is InChI=1S/C14H28N2O3/c1-5-11(6-2)10-16(8-4)14(19)15-9-12(7-3)13(17)18/h11-12H,5-10H2,1-4H3,(H,15,19)(H,17,18). The highest BCUT2D eigenvalue weighted by atomic mass is 16.4. The van der Waals surface area contributed by atoms with Crippen molar-refractivity contribution >= 4 is 12.0 Å². The van der Waals surface area contributed by atoms with Crippen molar-refractivity contribution in [2.45, 2.75) is 47.0 Å². The van der Waals surface area contributed by atoms with E-state index < -0.39 is 11.9 Å². The number of carboxylic acids is 1. The zero-order valence-corrected chi connectivity index (χ0v) is 12.6. The molecule has 2 N–H and O–H groups in total. The van der Waals surface area contributed by atoms with E-state index in [0.717, 1.165) is 19.4 Å². The Labute approximate surface area is 116 Å². The summed E-state index contributed by atoms with van der Waals surface area (Å²) in [4.78, 5) is 24.7. The molecule has 0 aliphatic heterocycles. The van der Waals surface area contributed by atoms with Crippen LogP contribution in [0, 0.1) is 11.8 Å². The number of amides is 2. The van der Waals surface area contributed by atoms with Crippen LogP contribution >= 0.6 is 0 Å². The second-order valence-corrected chi connectivity index (χ2v) is 4.85. The van der Waals surface area contributed by atoms with Gasteiger partial charge in [0.05, 0.1) is 5.92 Å². The molecule has 0 aromatic rings. The Bertz CT molecular complexity index is 278. The number of hydrogen-bond donors (Lipinski definition) is 2. The summed E-state index contributed by atoms with van der Waals surface area (Å²) in [5.41, 5.74) is 0. The minimum absolute atomic E-state index is 0.158. The normalized spacial score (nSPS) is 12.3. The second kappa shape index (κ2) is 9.64. The fourth-order valence-electron chi connectivity index (χ4n) is 1.94. The van der Waals surface area contributed by atoms with Crippen LogP contribution in [0.2, 0.25) is 0 Å². The lowest BCUT2D eigenvalue weighted by Crippen LogP contribution is -2.44. The molecule has 0 saturated carbocycles. The summed E-state index contributed by atoms with van der Waals surface area (Å²) in [6.45, 7) is 9.58. The Morgan fingerprint density at radius 3 is 2.05 bits per heavy atom. The maximum Gasteiger partial charge on any atom is 0.317 e. The molecular weight excluding hydrogens is 244 g/mol. The molecule has 0 fully saturated rings. The molecule has 0 rings (SSSR count). The number of nitrogens with zero attached hydrogens (tertiary/aromatic N) is 1. The molecule has 112 valence electrons. The third-order valence-electron chi connectivity index (χ3n) is 3.64. The average molecular weight is 272 g/mol. The highest BCUT2D eigenvalue weighted by molar-refractivity contribution is 5.76. The van der Waals surface area contributed by atoms with Crippen LogP contribution in [0.1, 0.15) is 47.0 Å². The summed E-state index contributed by atoms with van der Waals surface area (Å²) >= 11 is 0. The molecule has 0 saturated heterocycles. The van der Waals surface area contributed by atoms with Gasteiger partial charge in [0.15, 0.2) is 0 Å². The molecule has 2 amide bonds. The van der Waals surface area contributed by atoms with Crippen molar-refractivity contribution in [3.8, 4) is 0 Å². The van der Waals surface area contributed by atoms with Gasteiger partial charge in [-0.2, -0.15) is 0 Å². The Kier molecular flexibility index (Phi) is 9.00. The van der Waals surface area contributed by atoms with Crippen LogP contribution in [0.25, 0.3) is 0 Å². The van der Waals surface area contributed by atoms with E-state index in [2.05, 4.69) is 19.2 Å². The molecule has 0 bridgehead atoms. The molecule has 0 aromatic carbocycles. The van der Waals surface area contributed by atoms with Crippen molar-refractivity contribution in [1.82, 2.24) is 10.2 Å². The summed E-state index contributed by atoms with van der Waals surface area (Å²) < 4.78 is 0. The fraction of sp³-hybridized carbons (Fsp3) is 0.857. The number of carboxylic acid groups (broad SMARTS) is 1. The topological polar surface area (TPSA) is 69.6 Å². The van der Waals surface area contributed by atoms with Crippen molar-refractivity contribution < 1.29 is 14.7 Å². The van der Waals surface area contributed by atoms with Gasteiger partial charge in [-0.3, -0.25) is 4.79 Å². The first-order chi connectivity index (χ1) is 8.99. The van der Waals surface area contributed by atoms with Gasteiger partial charge in [-0.05, 0) is 19.3 Å². The maximum atomic E-state index is 12.0. The Hall–Kier alpha value is -1.26. The quantitative estimate of drug-likeness (QED) is 0.677. The molecule has 0 aromatic heterocycles. The monoisotopic (exact) mass is 272 g/mol. The number of aliphatic carboxylic acids is 1. The van der Waals surface area contributed by atoms with Crippen molar-refractivity contribution in [1.29, 1.82) is 0 Å². The predicted octanol–water partition coefficient (Wildman–Crippen LogP) is 2.56. The van der Waals surface area contributed by atoms with Crippen LogP contribution < -0.4 is 5.32 Å². The van der Waals surface area contributed by atoms with Crippen molar-refractivity contribution in [3.05, 3.63) is 0 Å². The summed E-state index contributed by atoms with van der Waals surface area (Å²) in [6.07, 6.45) is 2.62. The Morgan fingerprint density at radius 1 is 1.11 bits per heavy atom. The molecule has 0 heterocycles. The lowest BCUT2D eigenvalue weighted by molar-refractivity contribution is -0.141. The summed E-state index contributed by atoms with van der Waals surface area (Å²) in [6, 6.07) is -0.158. The van der Waals surface area contributed by atoms with Gasteiger partial charge in [0.1, 0.15) is 0 Å². The van der Waals surface area contributed by atoms with Gasteiger partial charge in [0.25, 0.3) is 0 Å². The first-order valence-electron chi connectivity index (χ1n) is 7.25. The maximum absolute atomic E-state index is 12.0. The van der Waals surface area contributed by atoms with Crippen LogP contribution in [0.15, 0.2) is 0 Å². The molecule has 5 nitrogen and oxygen atoms in total. The number of urea groups is 1. The molecule has 0 aliphatic rings. The molecule has 0 spiro atoms. The van der Waals surface area contributed by atoms with E-state index in [4.69, 9.17) is 5.11 Å². The third-order valence-corrected chi connectivity index (χ3v) is 3.64. The van der Waals surface area contributed by atoms with Gasteiger partial charge in [-0.15, -0.1) is 0 Å². The highest BCUT2D eigenvalue weighted by Gasteiger charge is 2.19. The lowest BCUT2D eigenvalue weighted by Gasteiger charge is -2.26. The zero-order valence-electron chi connectivity index (χ0n) is 12.6. The highest BCUT2D eigenvalue weighted by Crippen LogP contribution is 2.10. The van der Waals surface area contributed by atoms with Crippen molar-refractivity contribution in [2.75, 3.05) is 19.6 Å². The Morgan fingerprint density at radius 2 is 1.68 bits per heavy atom. The largest absolute Gasteiger partial charge is 0.481 e. The van der Waals surface area contributed by atoms with Crippen molar-refractivity contribution in [3.63, 3.8) is 0 Å². The lowest BCUT2D eigenvalue weighted by atomic mass is 10.0. The second-order valence-electron chi connectivity index (χ2n) is 4.85. The van der Waals surface area contributed by atoms with Gasteiger partial charge >= 0.3 is 12.0 Å². The van der Waals surface area contributed by atoms with E-state index in [1.807, 2.05) is 13.8 Å². The summed E-state index contributed by atoms with van der Waals surface area (Å²) in [5, 5.41) is 11.7. The van der Waals surface area contributed by atoms with Gasteiger partial charge in [0, 0.05) is 19.6 Å². The van der Waals surface area contributed by atoms with Crippen LogP contribution in [-0.4, -0.2) is 41.6 Å². The van der Waals surface area contributed by atoms with E-state index >= 15 is 0 Å². The van der Waals surface area contributed by atoms with Gasteiger partial charge in [-0.1, -0.05) is 33.6 Å². The Balaban J connectivity index is 4.31. The van der Waals surface area contributed by atoms with Gasteiger partial charge in [0.2, 0.25) is 0 Å². The van der Waals surface area contributed by atoms with Crippen LogP contribution in [0.4, 0.5) is 4.79 Å². The molecular formula is C14H28N2O3. The minimum Gasteiger partial charge on any atom is -0.481 e. The molecule has 1 unspecified atom stereocenters. The van der Waals surface area contributed by atoms with Crippen molar-refractivity contribution in [2.24, 2.45) is 11.8 Å². The average Bonchev–Trinajstić information content (AvgIpc) is 2.40. The van der Waals surface area contributed by atoms with E-state index in [1.54, 1.807) is 4.90 Å². The van der Waals surface area contributed by atoms with E-state index in [9.17, 15) is 9.59 Å². The SMILES string of the molecule is CCC(CC)CN(CC)C(=O)NCC(CC)C(=O)O. The van der Waals surface area contributed by atoms with Gasteiger partial charge < -0.3 is 15.3 Å². The van der Waals surface area contributed by atoms with Gasteiger partial charge in [-0.25, -0.2) is 4.79 Å². The first kappa shape index (κ1) is 17.7. The number of carbonyl (C=O) groups excluding carboxylic acids is 1. The fourth-order valence-corrected chi connectivity index (χ4v) is 1.94. The molecule has 0 aliphatic carbocycles. The minimum atomic E-state index is -0.856. The van der Waals surface area contributed by atoms with E-state index in [1.165, 1.54) is 0 Å². The zero-order chi connectivity index (χ0) is 14.8. The number of nitrogens with one attached hydrogen (secondary N) is 1. The molecule has 19 heavy (non-hydrogen) atoms. The molecule has 1 atom stereocenters. The third kappa shape index (κ3) is 6.45. The van der Waals surface area contributed by atoms with Crippen LogP contribution in [0.5, 0.6) is 0 Å². The van der Waals surface area contributed by atoms with Crippen LogP contribution in [-0.2, 0) is 4.79 Å². The summed E-state index contributed by atoms with van der Waals surface area (Å²) in [5.74, 6) is -0.853. The number of carbonyl (C=O) groups is 2.